The van der Waals surface area contributed by atoms with Crippen molar-refractivity contribution in [2.24, 2.45) is 0 Å². The molecular formula is C15H15ClFNO3. The highest BCUT2D eigenvalue weighted by Gasteiger charge is 2.10. The van der Waals surface area contributed by atoms with Crippen molar-refractivity contribution in [2.75, 3.05) is 19.5 Å². The Balaban J connectivity index is 2.19. The molecular weight excluding hydrogens is 297 g/mol. The van der Waals surface area contributed by atoms with Crippen molar-refractivity contribution >= 4 is 17.3 Å². The lowest BCUT2D eigenvalue weighted by Crippen LogP contribution is -2.02. The van der Waals surface area contributed by atoms with Crippen LogP contribution in [-0.4, -0.2) is 19.3 Å². The lowest BCUT2D eigenvalue weighted by atomic mass is 10.2. The molecule has 0 aromatic heterocycles. The molecule has 2 rings (SSSR count). The molecule has 0 spiro atoms. The molecule has 0 amide bonds. The van der Waals surface area contributed by atoms with Crippen molar-refractivity contribution < 1.29 is 19.0 Å². The molecule has 0 radical (unpaired) electrons. The van der Waals surface area contributed by atoms with Crippen molar-refractivity contribution in [3.05, 3.63) is 46.7 Å². The highest BCUT2D eigenvalue weighted by molar-refractivity contribution is 6.32. The first-order valence-corrected chi connectivity index (χ1v) is 6.55. The summed E-state index contributed by atoms with van der Waals surface area (Å²) in [6.07, 6.45) is 0. The summed E-state index contributed by atoms with van der Waals surface area (Å²) in [5.74, 6) is 0.0445. The standard InChI is InChI=1S/C15H15ClFNO3/c1-20-14-7-15(21-2)12(6-10(14)16)18-8-9-3-4-13(19)11(17)5-9/h3-7,18-19H,8H2,1-2H3. The van der Waals surface area contributed by atoms with Gasteiger partial charge in [0, 0.05) is 12.6 Å². The number of aromatic hydroxyl groups is 1. The Bertz CT molecular complexity index is 649. The van der Waals surface area contributed by atoms with Gasteiger partial charge in [0.2, 0.25) is 0 Å². The summed E-state index contributed by atoms with van der Waals surface area (Å²) in [5.41, 5.74) is 1.34. The van der Waals surface area contributed by atoms with E-state index in [1.165, 1.54) is 26.4 Å². The van der Waals surface area contributed by atoms with E-state index in [1.54, 1.807) is 18.2 Å². The maximum atomic E-state index is 13.3. The molecule has 0 saturated heterocycles. The summed E-state index contributed by atoms with van der Waals surface area (Å²) < 4.78 is 23.6. The van der Waals surface area contributed by atoms with Gasteiger partial charge in [-0.1, -0.05) is 17.7 Å². The van der Waals surface area contributed by atoms with Gasteiger partial charge in [0.15, 0.2) is 11.6 Å². The zero-order chi connectivity index (χ0) is 15.4. The van der Waals surface area contributed by atoms with Crippen LogP contribution in [-0.2, 0) is 6.54 Å². The van der Waals surface area contributed by atoms with Crippen LogP contribution in [0.4, 0.5) is 10.1 Å². The zero-order valence-electron chi connectivity index (χ0n) is 11.6. The van der Waals surface area contributed by atoms with E-state index in [-0.39, 0.29) is 5.75 Å². The number of phenols is 1. The molecule has 0 aliphatic heterocycles. The second-order valence-corrected chi connectivity index (χ2v) is 4.73. The molecule has 2 N–H and O–H groups in total. The fourth-order valence-electron chi connectivity index (χ4n) is 1.86. The zero-order valence-corrected chi connectivity index (χ0v) is 12.4. The number of phenolic OH excluding ortho intramolecular Hbond substituents is 1. The Kier molecular flexibility index (Phi) is 4.75. The van der Waals surface area contributed by atoms with Crippen molar-refractivity contribution in [3.63, 3.8) is 0 Å². The van der Waals surface area contributed by atoms with Gasteiger partial charge >= 0.3 is 0 Å². The number of hydrogen-bond acceptors (Lipinski definition) is 4. The molecule has 6 heteroatoms. The minimum atomic E-state index is -0.658. The lowest BCUT2D eigenvalue weighted by molar-refractivity contribution is 0.395. The predicted octanol–water partition coefficient (Wildman–Crippen LogP) is 3.81. The third-order valence-electron chi connectivity index (χ3n) is 2.97. The van der Waals surface area contributed by atoms with Gasteiger partial charge in [-0.05, 0) is 23.8 Å². The fourth-order valence-corrected chi connectivity index (χ4v) is 2.10. The van der Waals surface area contributed by atoms with E-state index in [2.05, 4.69) is 5.32 Å². The van der Waals surface area contributed by atoms with Gasteiger partial charge in [-0.2, -0.15) is 0 Å². The van der Waals surface area contributed by atoms with Crippen LogP contribution < -0.4 is 14.8 Å². The highest BCUT2D eigenvalue weighted by Crippen LogP contribution is 2.36. The third-order valence-corrected chi connectivity index (χ3v) is 3.26. The Labute approximate surface area is 127 Å². The summed E-state index contributed by atoms with van der Waals surface area (Å²) >= 11 is 6.07. The highest BCUT2D eigenvalue weighted by atomic mass is 35.5. The normalized spacial score (nSPS) is 10.3. The Morgan fingerprint density at radius 3 is 2.48 bits per heavy atom. The van der Waals surface area contributed by atoms with Gasteiger partial charge in [0.05, 0.1) is 24.9 Å². The van der Waals surface area contributed by atoms with E-state index < -0.39 is 5.82 Å². The van der Waals surface area contributed by atoms with Gasteiger partial charge in [0.25, 0.3) is 0 Å². The van der Waals surface area contributed by atoms with Crippen molar-refractivity contribution in [2.45, 2.75) is 6.54 Å². The largest absolute Gasteiger partial charge is 0.505 e. The van der Waals surface area contributed by atoms with Crippen molar-refractivity contribution in [1.82, 2.24) is 0 Å². The molecule has 0 atom stereocenters. The molecule has 0 bridgehead atoms. The first-order chi connectivity index (χ1) is 10.0. The van der Waals surface area contributed by atoms with Gasteiger partial charge in [-0.25, -0.2) is 4.39 Å². The smallest absolute Gasteiger partial charge is 0.165 e. The average molecular weight is 312 g/mol. The van der Waals surface area contributed by atoms with Crippen LogP contribution in [0.3, 0.4) is 0 Å². The summed E-state index contributed by atoms with van der Waals surface area (Å²) in [6.45, 7) is 0.357. The molecule has 21 heavy (non-hydrogen) atoms. The third kappa shape index (κ3) is 3.49. The minimum absolute atomic E-state index is 0.357. The molecule has 2 aromatic carbocycles. The summed E-state index contributed by atoms with van der Waals surface area (Å²) in [7, 11) is 3.06. The molecule has 0 saturated carbocycles. The number of ether oxygens (including phenoxy) is 2. The van der Waals surface area contributed by atoms with Crippen LogP contribution in [0.2, 0.25) is 5.02 Å². The van der Waals surface area contributed by atoms with Crippen LogP contribution in [0.15, 0.2) is 30.3 Å². The van der Waals surface area contributed by atoms with Crippen LogP contribution in [0.25, 0.3) is 0 Å². The number of methoxy groups -OCH3 is 2. The summed E-state index contributed by atoms with van der Waals surface area (Å²) in [6, 6.07) is 7.55. The molecule has 0 fully saturated rings. The van der Waals surface area contributed by atoms with E-state index in [1.807, 2.05) is 0 Å². The Hall–Kier alpha value is -2.14. The van der Waals surface area contributed by atoms with Crippen LogP contribution in [0.1, 0.15) is 5.56 Å². The lowest BCUT2D eigenvalue weighted by Gasteiger charge is -2.14. The van der Waals surface area contributed by atoms with Crippen LogP contribution >= 0.6 is 11.6 Å². The number of rotatable bonds is 5. The van der Waals surface area contributed by atoms with E-state index in [4.69, 9.17) is 26.2 Å². The Morgan fingerprint density at radius 1 is 1.14 bits per heavy atom. The van der Waals surface area contributed by atoms with E-state index >= 15 is 0 Å². The molecule has 0 heterocycles. The monoisotopic (exact) mass is 311 g/mol. The minimum Gasteiger partial charge on any atom is -0.505 e. The summed E-state index contributed by atoms with van der Waals surface area (Å²) in [4.78, 5) is 0. The second-order valence-electron chi connectivity index (χ2n) is 4.33. The SMILES string of the molecule is COc1cc(OC)c(NCc2ccc(O)c(F)c2)cc1Cl. The van der Waals surface area contributed by atoms with Gasteiger partial charge < -0.3 is 19.9 Å². The average Bonchev–Trinajstić information content (AvgIpc) is 2.48. The van der Waals surface area contributed by atoms with Gasteiger partial charge in [-0.15, -0.1) is 0 Å². The van der Waals surface area contributed by atoms with Gasteiger partial charge in [-0.3, -0.25) is 0 Å². The quantitative estimate of drug-likeness (QED) is 0.881. The first-order valence-electron chi connectivity index (χ1n) is 6.18. The molecule has 0 aliphatic rings. The number of hydrogen-bond donors (Lipinski definition) is 2. The first kappa shape index (κ1) is 15.3. The molecule has 0 aliphatic carbocycles. The van der Waals surface area contributed by atoms with Crippen LogP contribution in [0, 0.1) is 5.82 Å². The number of nitrogens with one attached hydrogen (secondary N) is 1. The van der Waals surface area contributed by atoms with Gasteiger partial charge in [0.1, 0.15) is 11.5 Å². The predicted molar refractivity (Wildman–Crippen MR) is 79.9 cm³/mol. The summed E-state index contributed by atoms with van der Waals surface area (Å²) in [5, 5.41) is 12.7. The topological polar surface area (TPSA) is 50.7 Å². The molecule has 0 unspecified atom stereocenters. The van der Waals surface area contributed by atoms with Crippen LogP contribution in [0.5, 0.6) is 17.2 Å². The maximum Gasteiger partial charge on any atom is 0.165 e. The maximum absolute atomic E-state index is 13.3. The van der Waals surface area contributed by atoms with E-state index in [0.29, 0.717) is 34.3 Å². The fraction of sp³-hybridized carbons (Fsp3) is 0.200. The van der Waals surface area contributed by atoms with E-state index in [0.717, 1.165) is 0 Å². The van der Waals surface area contributed by atoms with E-state index in [9.17, 15) is 4.39 Å². The van der Waals surface area contributed by atoms with Crippen molar-refractivity contribution in [3.8, 4) is 17.2 Å². The number of benzene rings is 2. The Morgan fingerprint density at radius 2 is 1.86 bits per heavy atom. The molecule has 112 valence electrons. The molecule has 4 nitrogen and oxygen atoms in total. The second kappa shape index (κ2) is 6.54. The van der Waals surface area contributed by atoms with Crippen molar-refractivity contribution in [1.29, 1.82) is 0 Å². The molecule has 2 aromatic rings. The number of halogens is 2. The number of anilines is 1.